The van der Waals surface area contributed by atoms with Gasteiger partial charge in [0.2, 0.25) is 0 Å². The van der Waals surface area contributed by atoms with Crippen molar-refractivity contribution in [3.63, 3.8) is 0 Å². The molecule has 0 saturated carbocycles. The topological polar surface area (TPSA) is 16.4 Å². The van der Waals surface area contributed by atoms with E-state index in [-0.39, 0.29) is 0 Å². The highest BCUT2D eigenvalue weighted by molar-refractivity contribution is 6.14. The van der Waals surface area contributed by atoms with Gasteiger partial charge in [-0.1, -0.05) is 164 Å². The number of benzene rings is 8. The SMILES string of the molecule is c1ccc(-c2ccc(N(c3cccc4c3-c3ccccc3C4(c3ccccc3)c3ccccc3)c3cccc4oc5ccccc5c34)cc2)cc1. The lowest BCUT2D eigenvalue weighted by Crippen LogP contribution is -2.28. The second kappa shape index (κ2) is 11.8. The highest BCUT2D eigenvalue weighted by Crippen LogP contribution is 2.59. The van der Waals surface area contributed by atoms with Crippen LogP contribution in [0.5, 0.6) is 0 Å². The molecule has 1 heterocycles. The molecule has 0 fully saturated rings. The third-order valence-corrected chi connectivity index (χ3v) is 10.6. The zero-order valence-electron chi connectivity index (χ0n) is 27.9. The molecule has 0 atom stereocenters. The number of hydrogen-bond acceptors (Lipinski definition) is 2. The van der Waals surface area contributed by atoms with E-state index in [1.165, 1.54) is 44.5 Å². The Morgan fingerprint density at radius 3 is 1.69 bits per heavy atom. The Kier molecular flexibility index (Phi) is 6.75. The molecule has 240 valence electrons. The Morgan fingerprint density at radius 1 is 0.392 bits per heavy atom. The number of furan rings is 1. The van der Waals surface area contributed by atoms with Gasteiger partial charge in [0.05, 0.1) is 22.2 Å². The predicted molar refractivity (Wildman–Crippen MR) is 211 cm³/mol. The van der Waals surface area contributed by atoms with Gasteiger partial charge in [-0.3, -0.25) is 0 Å². The Morgan fingerprint density at radius 2 is 0.941 bits per heavy atom. The first-order valence-electron chi connectivity index (χ1n) is 17.5. The number of hydrogen-bond donors (Lipinski definition) is 0. The summed E-state index contributed by atoms with van der Waals surface area (Å²) in [6.45, 7) is 0. The average molecular weight is 652 g/mol. The van der Waals surface area contributed by atoms with Crippen molar-refractivity contribution in [2.75, 3.05) is 4.90 Å². The number of rotatable bonds is 6. The minimum absolute atomic E-state index is 0.498. The van der Waals surface area contributed by atoms with Crippen LogP contribution in [-0.2, 0) is 5.41 Å². The first kappa shape index (κ1) is 29.3. The summed E-state index contributed by atoms with van der Waals surface area (Å²) in [6, 6.07) is 72.2. The van der Waals surface area contributed by atoms with Crippen molar-refractivity contribution in [1.82, 2.24) is 0 Å². The van der Waals surface area contributed by atoms with Crippen molar-refractivity contribution in [1.29, 1.82) is 0 Å². The third-order valence-electron chi connectivity index (χ3n) is 10.6. The normalized spacial score (nSPS) is 12.9. The fourth-order valence-electron chi connectivity index (χ4n) is 8.44. The Hall–Kier alpha value is -6.64. The van der Waals surface area contributed by atoms with E-state index in [1.54, 1.807) is 0 Å². The first-order valence-corrected chi connectivity index (χ1v) is 17.5. The molecular weight excluding hydrogens is 619 g/mol. The van der Waals surface area contributed by atoms with Gasteiger partial charge in [-0.25, -0.2) is 0 Å². The summed E-state index contributed by atoms with van der Waals surface area (Å²) in [7, 11) is 0. The van der Waals surface area contributed by atoms with Gasteiger partial charge in [-0.2, -0.15) is 0 Å². The minimum Gasteiger partial charge on any atom is -0.456 e. The summed E-state index contributed by atoms with van der Waals surface area (Å²) in [5, 5.41) is 2.20. The van der Waals surface area contributed by atoms with E-state index < -0.39 is 5.41 Å². The lowest BCUT2D eigenvalue weighted by molar-refractivity contribution is 0.669. The summed E-state index contributed by atoms with van der Waals surface area (Å²) in [6.07, 6.45) is 0. The smallest absolute Gasteiger partial charge is 0.137 e. The molecule has 1 aliphatic carbocycles. The van der Waals surface area contributed by atoms with Crippen molar-refractivity contribution in [3.8, 4) is 22.3 Å². The number of nitrogens with zero attached hydrogens (tertiary/aromatic N) is 1. The minimum atomic E-state index is -0.498. The van der Waals surface area contributed by atoms with Gasteiger partial charge < -0.3 is 9.32 Å². The zero-order chi connectivity index (χ0) is 33.8. The molecular formula is C49H33NO. The van der Waals surface area contributed by atoms with E-state index in [9.17, 15) is 0 Å². The largest absolute Gasteiger partial charge is 0.456 e. The second-order valence-corrected chi connectivity index (χ2v) is 13.2. The molecule has 9 aromatic rings. The van der Waals surface area contributed by atoms with Gasteiger partial charge in [-0.15, -0.1) is 0 Å². The molecule has 10 rings (SSSR count). The molecule has 1 aromatic heterocycles. The Labute approximate surface area is 297 Å². The van der Waals surface area contributed by atoms with Crippen LogP contribution in [0.1, 0.15) is 22.3 Å². The maximum absolute atomic E-state index is 6.46. The van der Waals surface area contributed by atoms with Gasteiger partial charge in [0, 0.05) is 16.6 Å². The lowest BCUT2D eigenvalue weighted by atomic mass is 9.68. The van der Waals surface area contributed by atoms with Crippen molar-refractivity contribution in [2.45, 2.75) is 5.41 Å². The molecule has 0 unspecified atom stereocenters. The van der Waals surface area contributed by atoms with Crippen LogP contribution in [0, 0.1) is 0 Å². The van der Waals surface area contributed by atoms with E-state index in [0.717, 1.165) is 39.0 Å². The number of fused-ring (bicyclic) bond motifs is 6. The van der Waals surface area contributed by atoms with Crippen LogP contribution >= 0.6 is 0 Å². The fraction of sp³-hybridized carbons (Fsp3) is 0.0204. The van der Waals surface area contributed by atoms with E-state index in [4.69, 9.17) is 4.42 Å². The maximum Gasteiger partial charge on any atom is 0.137 e. The maximum atomic E-state index is 6.46. The highest BCUT2D eigenvalue weighted by atomic mass is 16.3. The van der Waals surface area contributed by atoms with Gasteiger partial charge in [0.1, 0.15) is 11.2 Å². The van der Waals surface area contributed by atoms with Crippen molar-refractivity contribution in [2.24, 2.45) is 0 Å². The van der Waals surface area contributed by atoms with E-state index >= 15 is 0 Å². The van der Waals surface area contributed by atoms with Crippen molar-refractivity contribution < 1.29 is 4.42 Å². The lowest BCUT2D eigenvalue weighted by Gasteiger charge is -2.34. The van der Waals surface area contributed by atoms with Crippen LogP contribution < -0.4 is 4.90 Å². The second-order valence-electron chi connectivity index (χ2n) is 13.2. The van der Waals surface area contributed by atoms with Crippen molar-refractivity contribution in [3.05, 3.63) is 222 Å². The molecule has 1 aliphatic rings. The van der Waals surface area contributed by atoms with Crippen LogP contribution in [0.4, 0.5) is 17.1 Å². The van der Waals surface area contributed by atoms with E-state index in [1.807, 2.05) is 6.07 Å². The molecule has 0 N–H and O–H groups in total. The summed E-state index contributed by atoms with van der Waals surface area (Å²) in [5.74, 6) is 0. The average Bonchev–Trinajstić information content (AvgIpc) is 3.74. The molecule has 0 saturated heterocycles. The predicted octanol–water partition coefficient (Wildman–Crippen LogP) is 13.1. The van der Waals surface area contributed by atoms with E-state index in [2.05, 4.69) is 199 Å². The monoisotopic (exact) mass is 651 g/mol. The summed E-state index contributed by atoms with van der Waals surface area (Å²) in [4.78, 5) is 2.45. The van der Waals surface area contributed by atoms with Crippen LogP contribution in [0.3, 0.4) is 0 Å². The Balaban J connectivity index is 1.30. The molecule has 0 aliphatic heterocycles. The van der Waals surface area contributed by atoms with Gasteiger partial charge >= 0.3 is 0 Å². The molecule has 2 heteroatoms. The summed E-state index contributed by atoms with van der Waals surface area (Å²) < 4.78 is 6.46. The standard InChI is InChI=1S/C49H33NO/c1-4-16-34(17-5-1)35-30-32-38(33-31-35)50(44-27-15-29-46-48(44)40-23-11-13-28-45(40)51-46)43-26-14-25-42-47(43)39-22-10-12-24-41(39)49(42,36-18-6-2-7-19-36)37-20-8-3-9-21-37/h1-33H. The first-order chi connectivity index (χ1) is 25.3. The molecule has 0 bridgehead atoms. The zero-order valence-corrected chi connectivity index (χ0v) is 27.9. The number of anilines is 3. The van der Waals surface area contributed by atoms with Crippen LogP contribution in [0.25, 0.3) is 44.2 Å². The molecule has 2 nitrogen and oxygen atoms in total. The van der Waals surface area contributed by atoms with Crippen LogP contribution in [0.2, 0.25) is 0 Å². The van der Waals surface area contributed by atoms with Gasteiger partial charge in [-0.05, 0) is 75.3 Å². The molecule has 8 aromatic carbocycles. The van der Waals surface area contributed by atoms with E-state index in [0.29, 0.717) is 0 Å². The van der Waals surface area contributed by atoms with Gasteiger partial charge in [0.25, 0.3) is 0 Å². The quantitative estimate of drug-likeness (QED) is 0.178. The van der Waals surface area contributed by atoms with Gasteiger partial charge in [0.15, 0.2) is 0 Å². The third kappa shape index (κ3) is 4.43. The van der Waals surface area contributed by atoms with Crippen molar-refractivity contribution >= 4 is 39.0 Å². The van der Waals surface area contributed by atoms with Crippen LogP contribution in [-0.4, -0.2) is 0 Å². The van der Waals surface area contributed by atoms with Crippen LogP contribution in [0.15, 0.2) is 205 Å². The summed E-state index contributed by atoms with van der Waals surface area (Å²) in [5.41, 5.74) is 14.5. The molecule has 0 spiro atoms. The highest BCUT2D eigenvalue weighted by Gasteiger charge is 2.47. The number of para-hydroxylation sites is 1. The molecule has 0 radical (unpaired) electrons. The summed E-state index contributed by atoms with van der Waals surface area (Å²) >= 11 is 0. The fourth-order valence-corrected chi connectivity index (χ4v) is 8.44. The molecule has 51 heavy (non-hydrogen) atoms. The Bertz CT molecular complexity index is 2640. The molecule has 0 amide bonds.